The van der Waals surface area contributed by atoms with E-state index in [1.165, 1.54) is 0 Å². The van der Waals surface area contributed by atoms with Gasteiger partial charge in [-0.1, -0.05) is 25.2 Å². The lowest BCUT2D eigenvalue weighted by Gasteiger charge is -2.30. The van der Waals surface area contributed by atoms with Crippen LogP contribution < -0.4 is 0 Å². The normalized spacial score (nSPS) is 37.1. The SMILES string of the molecule is CC1C(CO)=CC=CC1(C)O. The Bertz CT molecular complexity index is 202. The molecule has 0 aliphatic heterocycles. The summed E-state index contributed by atoms with van der Waals surface area (Å²) in [6, 6.07) is 0. The molecule has 0 heterocycles. The van der Waals surface area contributed by atoms with Crippen LogP contribution in [0.15, 0.2) is 23.8 Å². The van der Waals surface area contributed by atoms with E-state index in [-0.39, 0.29) is 12.5 Å². The van der Waals surface area contributed by atoms with E-state index in [2.05, 4.69) is 0 Å². The first-order chi connectivity index (χ1) is 5.08. The minimum absolute atomic E-state index is 0.0116. The molecule has 0 saturated heterocycles. The smallest absolute Gasteiger partial charge is 0.0865 e. The molecular formula is C9H14O2. The number of hydrogen-bond donors (Lipinski definition) is 2. The third kappa shape index (κ3) is 1.52. The molecular weight excluding hydrogens is 140 g/mol. The molecule has 62 valence electrons. The minimum atomic E-state index is -0.799. The molecule has 1 aliphatic rings. The molecule has 0 aromatic carbocycles. The maximum absolute atomic E-state index is 9.71. The summed E-state index contributed by atoms with van der Waals surface area (Å²) in [7, 11) is 0. The lowest BCUT2D eigenvalue weighted by Crippen LogP contribution is -2.34. The van der Waals surface area contributed by atoms with E-state index in [0.29, 0.717) is 0 Å². The molecule has 0 amide bonds. The molecule has 0 radical (unpaired) electrons. The summed E-state index contributed by atoms with van der Waals surface area (Å²) < 4.78 is 0. The van der Waals surface area contributed by atoms with Crippen molar-refractivity contribution < 1.29 is 10.2 Å². The summed E-state index contributed by atoms with van der Waals surface area (Å²) >= 11 is 0. The summed E-state index contributed by atoms with van der Waals surface area (Å²) in [5.74, 6) is 0.0116. The lowest BCUT2D eigenvalue weighted by molar-refractivity contribution is 0.0630. The van der Waals surface area contributed by atoms with Crippen LogP contribution in [-0.2, 0) is 0 Å². The second kappa shape index (κ2) is 2.80. The first kappa shape index (κ1) is 8.50. The Labute approximate surface area is 66.9 Å². The largest absolute Gasteiger partial charge is 0.392 e. The van der Waals surface area contributed by atoms with E-state index in [4.69, 9.17) is 5.11 Å². The fourth-order valence-corrected chi connectivity index (χ4v) is 1.22. The summed E-state index contributed by atoms with van der Waals surface area (Å²) in [6.07, 6.45) is 5.38. The number of aliphatic hydroxyl groups excluding tert-OH is 1. The van der Waals surface area contributed by atoms with Gasteiger partial charge in [-0.15, -0.1) is 0 Å². The van der Waals surface area contributed by atoms with Gasteiger partial charge in [0, 0.05) is 5.92 Å². The highest BCUT2D eigenvalue weighted by atomic mass is 16.3. The first-order valence-corrected chi connectivity index (χ1v) is 3.79. The topological polar surface area (TPSA) is 40.5 Å². The third-order valence-electron chi connectivity index (χ3n) is 2.36. The van der Waals surface area contributed by atoms with Crippen molar-refractivity contribution in [2.75, 3.05) is 6.61 Å². The van der Waals surface area contributed by atoms with E-state index >= 15 is 0 Å². The zero-order valence-corrected chi connectivity index (χ0v) is 6.91. The van der Waals surface area contributed by atoms with Crippen molar-refractivity contribution in [3.05, 3.63) is 23.8 Å². The molecule has 2 atom stereocenters. The molecule has 0 fully saturated rings. The number of rotatable bonds is 1. The number of hydrogen-bond acceptors (Lipinski definition) is 2. The zero-order valence-electron chi connectivity index (χ0n) is 6.91. The summed E-state index contributed by atoms with van der Waals surface area (Å²) in [4.78, 5) is 0. The van der Waals surface area contributed by atoms with Gasteiger partial charge in [0.1, 0.15) is 0 Å². The van der Waals surface area contributed by atoms with Gasteiger partial charge in [0.25, 0.3) is 0 Å². The first-order valence-electron chi connectivity index (χ1n) is 3.79. The molecule has 1 aliphatic carbocycles. The molecule has 0 bridgehead atoms. The van der Waals surface area contributed by atoms with Crippen LogP contribution in [0.2, 0.25) is 0 Å². The van der Waals surface area contributed by atoms with E-state index in [1.807, 2.05) is 13.0 Å². The van der Waals surface area contributed by atoms with Gasteiger partial charge < -0.3 is 10.2 Å². The van der Waals surface area contributed by atoms with Gasteiger partial charge in [-0.25, -0.2) is 0 Å². The summed E-state index contributed by atoms with van der Waals surface area (Å²) in [5, 5.41) is 18.6. The average molecular weight is 154 g/mol. The van der Waals surface area contributed by atoms with Crippen LogP contribution in [-0.4, -0.2) is 22.4 Å². The standard InChI is InChI=1S/C9H14O2/c1-7-8(6-10)4-3-5-9(7,2)11/h3-5,7,10-11H,6H2,1-2H3. The Balaban J connectivity index is 2.86. The second-order valence-electron chi connectivity index (χ2n) is 3.21. The van der Waals surface area contributed by atoms with Crippen LogP contribution in [0.25, 0.3) is 0 Å². The molecule has 0 spiro atoms. The van der Waals surface area contributed by atoms with Crippen LogP contribution in [0.3, 0.4) is 0 Å². The van der Waals surface area contributed by atoms with E-state index in [0.717, 1.165) is 5.57 Å². The maximum atomic E-state index is 9.71. The Hall–Kier alpha value is -0.600. The van der Waals surface area contributed by atoms with Gasteiger partial charge >= 0.3 is 0 Å². The third-order valence-corrected chi connectivity index (χ3v) is 2.36. The van der Waals surface area contributed by atoms with E-state index < -0.39 is 5.60 Å². The predicted octanol–water partition coefficient (Wildman–Crippen LogP) is 0.862. The van der Waals surface area contributed by atoms with E-state index in [1.54, 1.807) is 19.1 Å². The molecule has 2 nitrogen and oxygen atoms in total. The molecule has 0 aromatic rings. The van der Waals surface area contributed by atoms with Crippen LogP contribution in [0, 0.1) is 5.92 Å². The maximum Gasteiger partial charge on any atom is 0.0865 e. The monoisotopic (exact) mass is 154 g/mol. The minimum Gasteiger partial charge on any atom is -0.392 e. The highest BCUT2D eigenvalue weighted by Crippen LogP contribution is 2.28. The van der Waals surface area contributed by atoms with Gasteiger partial charge in [-0.05, 0) is 12.5 Å². The van der Waals surface area contributed by atoms with Crippen LogP contribution >= 0.6 is 0 Å². The molecule has 2 heteroatoms. The fraction of sp³-hybridized carbons (Fsp3) is 0.556. The molecule has 0 saturated carbocycles. The van der Waals surface area contributed by atoms with Crippen LogP contribution in [0.5, 0.6) is 0 Å². The van der Waals surface area contributed by atoms with Gasteiger partial charge in [-0.3, -0.25) is 0 Å². The number of allylic oxidation sites excluding steroid dienone is 2. The predicted molar refractivity (Wildman–Crippen MR) is 44.1 cm³/mol. The van der Waals surface area contributed by atoms with Gasteiger partial charge in [0.05, 0.1) is 12.2 Å². The summed E-state index contributed by atoms with van der Waals surface area (Å²) in [6.45, 7) is 3.68. The fourth-order valence-electron chi connectivity index (χ4n) is 1.22. The Morgan fingerprint density at radius 3 is 2.73 bits per heavy atom. The van der Waals surface area contributed by atoms with Crippen LogP contribution in [0.4, 0.5) is 0 Å². The van der Waals surface area contributed by atoms with Gasteiger partial charge in [0.15, 0.2) is 0 Å². The summed E-state index contributed by atoms with van der Waals surface area (Å²) in [5.41, 5.74) is 0.0878. The molecule has 2 unspecified atom stereocenters. The van der Waals surface area contributed by atoms with Crippen LogP contribution in [0.1, 0.15) is 13.8 Å². The zero-order chi connectivity index (χ0) is 8.48. The second-order valence-corrected chi connectivity index (χ2v) is 3.21. The lowest BCUT2D eigenvalue weighted by atomic mass is 9.81. The highest BCUT2D eigenvalue weighted by molar-refractivity contribution is 5.27. The highest BCUT2D eigenvalue weighted by Gasteiger charge is 2.29. The molecule has 2 N–H and O–H groups in total. The average Bonchev–Trinajstić information content (AvgIpc) is 1.95. The van der Waals surface area contributed by atoms with Crippen molar-refractivity contribution in [2.45, 2.75) is 19.4 Å². The van der Waals surface area contributed by atoms with Crippen molar-refractivity contribution >= 4 is 0 Å². The quantitative estimate of drug-likeness (QED) is 0.588. The van der Waals surface area contributed by atoms with Crippen molar-refractivity contribution in [3.8, 4) is 0 Å². The van der Waals surface area contributed by atoms with Crippen molar-refractivity contribution in [2.24, 2.45) is 5.92 Å². The van der Waals surface area contributed by atoms with Crippen molar-refractivity contribution in [1.82, 2.24) is 0 Å². The van der Waals surface area contributed by atoms with Crippen molar-refractivity contribution in [1.29, 1.82) is 0 Å². The number of aliphatic hydroxyl groups is 2. The Morgan fingerprint density at radius 2 is 2.27 bits per heavy atom. The Kier molecular flexibility index (Phi) is 2.16. The Morgan fingerprint density at radius 1 is 1.64 bits per heavy atom. The molecule has 1 rings (SSSR count). The van der Waals surface area contributed by atoms with E-state index in [9.17, 15) is 5.11 Å². The van der Waals surface area contributed by atoms with Gasteiger partial charge in [0.2, 0.25) is 0 Å². The van der Waals surface area contributed by atoms with Crippen molar-refractivity contribution in [3.63, 3.8) is 0 Å². The molecule has 0 aromatic heterocycles. The van der Waals surface area contributed by atoms with Gasteiger partial charge in [-0.2, -0.15) is 0 Å². The molecule has 11 heavy (non-hydrogen) atoms.